The second-order valence-corrected chi connectivity index (χ2v) is 6.74. The second-order valence-electron chi connectivity index (χ2n) is 5.89. The number of hydrogen-bond donors (Lipinski definition) is 0. The van der Waals surface area contributed by atoms with Gasteiger partial charge in [-0.15, -0.1) is 0 Å². The number of fused-ring (bicyclic) bond motifs is 1. The van der Waals surface area contributed by atoms with Gasteiger partial charge in [-0.2, -0.15) is 0 Å². The molecule has 1 aliphatic rings. The smallest absolute Gasteiger partial charge is 0.144 e. The molecule has 1 saturated carbocycles. The van der Waals surface area contributed by atoms with E-state index in [2.05, 4.69) is 47.6 Å². The van der Waals surface area contributed by atoms with Crippen LogP contribution >= 0.6 is 15.9 Å². The largest absolute Gasteiger partial charge is 0.334 e. The van der Waals surface area contributed by atoms with Crippen LogP contribution < -0.4 is 0 Å². The van der Waals surface area contributed by atoms with Gasteiger partial charge in [0.2, 0.25) is 0 Å². The summed E-state index contributed by atoms with van der Waals surface area (Å²) in [6, 6.07) is 0. The highest BCUT2D eigenvalue weighted by Gasteiger charge is 2.23. The first-order valence-corrected chi connectivity index (χ1v) is 7.89. The first kappa shape index (κ1) is 13.1. The number of aromatic nitrogens is 3. The van der Waals surface area contributed by atoms with Gasteiger partial charge < -0.3 is 4.57 Å². The zero-order valence-corrected chi connectivity index (χ0v) is 13.4. The molecule has 19 heavy (non-hydrogen) atoms. The zero-order chi connectivity index (χ0) is 13.6. The van der Waals surface area contributed by atoms with Crippen molar-refractivity contribution >= 4 is 27.0 Å². The molecule has 102 valence electrons. The van der Waals surface area contributed by atoms with Crippen molar-refractivity contribution in [3.8, 4) is 0 Å². The molecule has 1 aliphatic carbocycles. The van der Waals surface area contributed by atoms with E-state index < -0.39 is 0 Å². The second kappa shape index (κ2) is 4.89. The lowest BCUT2D eigenvalue weighted by Gasteiger charge is -2.13. The van der Waals surface area contributed by atoms with E-state index in [0.29, 0.717) is 11.8 Å². The Labute approximate surface area is 122 Å². The zero-order valence-electron chi connectivity index (χ0n) is 11.8. The molecule has 0 amide bonds. The van der Waals surface area contributed by atoms with Crippen LogP contribution in [-0.2, 0) is 7.05 Å². The highest BCUT2D eigenvalue weighted by molar-refractivity contribution is 9.10. The lowest BCUT2D eigenvalue weighted by Crippen LogP contribution is -2.06. The summed E-state index contributed by atoms with van der Waals surface area (Å²) in [5.41, 5.74) is 2.24. The number of nitrogens with zero attached hydrogens (tertiary/aromatic N) is 3. The lowest BCUT2D eigenvalue weighted by molar-refractivity contribution is 0.656. The van der Waals surface area contributed by atoms with Crippen LogP contribution in [0.25, 0.3) is 11.0 Å². The molecule has 0 N–H and O–H groups in total. The maximum atomic E-state index is 4.90. The maximum absolute atomic E-state index is 4.90. The predicted molar refractivity (Wildman–Crippen MR) is 81.5 cm³/mol. The Morgan fingerprint density at radius 2 is 1.95 bits per heavy atom. The summed E-state index contributed by atoms with van der Waals surface area (Å²) in [6.45, 7) is 4.42. The minimum absolute atomic E-state index is 0.421. The summed E-state index contributed by atoms with van der Waals surface area (Å²) in [7, 11) is 2.06. The number of halogens is 1. The van der Waals surface area contributed by atoms with Crippen LogP contribution in [0.5, 0.6) is 0 Å². The molecule has 0 spiro atoms. The summed E-state index contributed by atoms with van der Waals surface area (Å²) in [6.07, 6.45) is 7.22. The van der Waals surface area contributed by atoms with Crippen LogP contribution in [0.2, 0.25) is 0 Å². The fraction of sp³-hybridized carbons (Fsp3) is 0.600. The van der Waals surface area contributed by atoms with Crippen LogP contribution in [-0.4, -0.2) is 14.5 Å². The molecular weight excluding hydrogens is 302 g/mol. The predicted octanol–water partition coefficient (Wildman–Crippen LogP) is 4.51. The van der Waals surface area contributed by atoms with Gasteiger partial charge in [0.1, 0.15) is 11.5 Å². The molecule has 2 aromatic rings. The summed E-state index contributed by atoms with van der Waals surface area (Å²) < 4.78 is 3.21. The van der Waals surface area contributed by atoms with Gasteiger partial charge in [0, 0.05) is 23.6 Å². The highest BCUT2D eigenvalue weighted by atomic mass is 79.9. The summed E-state index contributed by atoms with van der Waals surface area (Å²) in [5, 5.41) is 1.18. The summed E-state index contributed by atoms with van der Waals surface area (Å²) in [5.74, 6) is 2.04. The fourth-order valence-electron chi connectivity index (χ4n) is 3.05. The number of rotatable bonds is 2. The Morgan fingerprint density at radius 3 is 2.58 bits per heavy atom. The van der Waals surface area contributed by atoms with Gasteiger partial charge in [0.15, 0.2) is 0 Å². The number of aryl methyl sites for hydroxylation is 1. The van der Waals surface area contributed by atoms with Crippen molar-refractivity contribution in [2.75, 3.05) is 0 Å². The van der Waals surface area contributed by atoms with E-state index in [-0.39, 0.29) is 0 Å². The molecule has 0 radical (unpaired) electrons. The standard InChI is InChI=1S/C15H20BrN3/c1-9(2)13-12-11(16)8-19(3)15(12)18-14(17-13)10-6-4-5-7-10/h8-10H,4-7H2,1-3H3. The van der Waals surface area contributed by atoms with Crippen LogP contribution in [0.15, 0.2) is 10.7 Å². The molecule has 0 bridgehead atoms. The van der Waals surface area contributed by atoms with Crippen molar-refractivity contribution in [3.05, 3.63) is 22.2 Å². The molecule has 4 heteroatoms. The fourth-order valence-corrected chi connectivity index (χ4v) is 3.74. The van der Waals surface area contributed by atoms with Crippen molar-refractivity contribution in [1.82, 2.24) is 14.5 Å². The monoisotopic (exact) mass is 321 g/mol. The van der Waals surface area contributed by atoms with E-state index in [9.17, 15) is 0 Å². The molecule has 0 atom stereocenters. The first-order valence-electron chi connectivity index (χ1n) is 7.10. The Hall–Kier alpha value is -0.900. The van der Waals surface area contributed by atoms with E-state index in [0.717, 1.165) is 15.9 Å². The maximum Gasteiger partial charge on any atom is 0.144 e. The van der Waals surface area contributed by atoms with Crippen molar-refractivity contribution in [3.63, 3.8) is 0 Å². The van der Waals surface area contributed by atoms with Crippen molar-refractivity contribution in [1.29, 1.82) is 0 Å². The Kier molecular flexibility index (Phi) is 3.37. The van der Waals surface area contributed by atoms with Gasteiger partial charge in [-0.25, -0.2) is 9.97 Å². The van der Waals surface area contributed by atoms with E-state index in [4.69, 9.17) is 9.97 Å². The summed E-state index contributed by atoms with van der Waals surface area (Å²) in [4.78, 5) is 9.74. The van der Waals surface area contributed by atoms with Gasteiger partial charge in [0.25, 0.3) is 0 Å². The lowest BCUT2D eigenvalue weighted by atomic mass is 10.0. The Balaban J connectivity index is 2.23. The van der Waals surface area contributed by atoms with Gasteiger partial charge >= 0.3 is 0 Å². The van der Waals surface area contributed by atoms with Crippen LogP contribution in [0, 0.1) is 0 Å². The highest BCUT2D eigenvalue weighted by Crippen LogP contribution is 2.36. The molecule has 2 heterocycles. The molecule has 1 fully saturated rings. The topological polar surface area (TPSA) is 30.7 Å². The molecule has 0 aliphatic heterocycles. The van der Waals surface area contributed by atoms with Crippen molar-refractivity contribution < 1.29 is 0 Å². The SMILES string of the molecule is CC(C)c1nc(C2CCCC2)nc2c1c(Br)cn2C. The van der Waals surface area contributed by atoms with Crippen LogP contribution in [0.4, 0.5) is 0 Å². The summed E-state index contributed by atoms with van der Waals surface area (Å²) >= 11 is 3.64. The molecule has 0 unspecified atom stereocenters. The third-order valence-electron chi connectivity index (χ3n) is 4.08. The average molecular weight is 322 g/mol. The molecule has 2 aromatic heterocycles. The third kappa shape index (κ3) is 2.20. The van der Waals surface area contributed by atoms with Gasteiger partial charge in [0.05, 0.1) is 11.1 Å². The van der Waals surface area contributed by atoms with Gasteiger partial charge in [-0.3, -0.25) is 0 Å². The van der Waals surface area contributed by atoms with E-state index in [1.165, 1.54) is 36.8 Å². The molecule has 3 nitrogen and oxygen atoms in total. The third-order valence-corrected chi connectivity index (χ3v) is 4.68. The van der Waals surface area contributed by atoms with Gasteiger partial charge in [-0.05, 0) is 34.7 Å². The van der Waals surface area contributed by atoms with E-state index in [1.54, 1.807) is 0 Å². The quantitative estimate of drug-likeness (QED) is 0.814. The molecule has 3 rings (SSSR count). The number of hydrogen-bond acceptors (Lipinski definition) is 2. The Bertz CT molecular complexity index is 609. The van der Waals surface area contributed by atoms with Gasteiger partial charge in [-0.1, -0.05) is 26.7 Å². The molecule has 0 saturated heterocycles. The minimum atomic E-state index is 0.421. The minimum Gasteiger partial charge on any atom is -0.334 e. The van der Waals surface area contributed by atoms with Crippen molar-refractivity contribution in [2.24, 2.45) is 7.05 Å². The van der Waals surface area contributed by atoms with Crippen LogP contribution in [0.1, 0.15) is 62.9 Å². The van der Waals surface area contributed by atoms with Crippen molar-refractivity contribution in [2.45, 2.75) is 51.4 Å². The van der Waals surface area contributed by atoms with Crippen LogP contribution in [0.3, 0.4) is 0 Å². The van der Waals surface area contributed by atoms with E-state index in [1.807, 2.05) is 0 Å². The normalized spacial score (nSPS) is 16.9. The Morgan fingerprint density at radius 1 is 1.26 bits per heavy atom. The molecular formula is C15H20BrN3. The van der Waals surface area contributed by atoms with E-state index >= 15 is 0 Å². The first-order chi connectivity index (χ1) is 9.08. The molecule has 0 aromatic carbocycles. The average Bonchev–Trinajstić information content (AvgIpc) is 2.98.